The Labute approximate surface area is 162 Å². The summed E-state index contributed by atoms with van der Waals surface area (Å²) in [5.74, 6) is 2.67. The maximum absolute atomic E-state index is 5.51. The van der Waals surface area contributed by atoms with Crippen LogP contribution in [0.4, 0.5) is 0 Å². The quantitative estimate of drug-likeness (QED) is 0.518. The van der Waals surface area contributed by atoms with E-state index in [2.05, 4.69) is 44.1 Å². The number of guanidine groups is 1. The van der Waals surface area contributed by atoms with Crippen LogP contribution in [0.1, 0.15) is 38.9 Å². The highest BCUT2D eigenvalue weighted by Gasteiger charge is 2.24. The summed E-state index contributed by atoms with van der Waals surface area (Å²) in [6.45, 7) is 12.0. The molecule has 2 N–H and O–H groups in total. The highest BCUT2D eigenvalue weighted by Crippen LogP contribution is 2.17. The largest absolute Gasteiger partial charge is 0.381 e. The summed E-state index contributed by atoms with van der Waals surface area (Å²) in [6.07, 6.45) is 6.25. The maximum atomic E-state index is 5.51. The molecule has 1 aromatic rings. The number of nitrogens with one attached hydrogen (secondary N) is 2. The van der Waals surface area contributed by atoms with Crippen LogP contribution < -0.4 is 10.6 Å². The molecular weight excluding hydrogens is 342 g/mol. The lowest BCUT2D eigenvalue weighted by Crippen LogP contribution is -2.49. The third-order valence-electron chi connectivity index (χ3n) is 5.44. The fraction of sp³-hybridized carbons (Fsp3) is 0.842. The SMILES string of the molecule is CCNC(=NCCn1cnnc1CC)NC1CCN(CC2CCOC2)CC1. The van der Waals surface area contributed by atoms with Crippen LogP contribution in [-0.4, -0.2) is 77.6 Å². The van der Waals surface area contributed by atoms with Crippen LogP contribution in [0.15, 0.2) is 11.3 Å². The van der Waals surface area contributed by atoms with Crippen molar-refractivity contribution in [3.05, 3.63) is 12.2 Å². The summed E-state index contributed by atoms with van der Waals surface area (Å²) >= 11 is 0. The molecule has 2 fully saturated rings. The molecule has 3 rings (SSSR count). The summed E-state index contributed by atoms with van der Waals surface area (Å²) in [4.78, 5) is 7.35. The van der Waals surface area contributed by atoms with Crippen molar-refractivity contribution in [1.82, 2.24) is 30.3 Å². The molecule has 2 aliphatic heterocycles. The van der Waals surface area contributed by atoms with Crippen molar-refractivity contribution in [2.45, 2.75) is 52.1 Å². The predicted molar refractivity (Wildman–Crippen MR) is 107 cm³/mol. The van der Waals surface area contributed by atoms with Crippen molar-refractivity contribution in [1.29, 1.82) is 0 Å². The van der Waals surface area contributed by atoms with Crippen molar-refractivity contribution in [3.8, 4) is 0 Å². The third kappa shape index (κ3) is 6.17. The van der Waals surface area contributed by atoms with Crippen molar-refractivity contribution in [2.75, 3.05) is 45.9 Å². The van der Waals surface area contributed by atoms with E-state index >= 15 is 0 Å². The van der Waals surface area contributed by atoms with Gasteiger partial charge in [-0.3, -0.25) is 4.99 Å². The maximum Gasteiger partial charge on any atom is 0.191 e. The smallest absolute Gasteiger partial charge is 0.191 e. The van der Waals surface area contributed by atoms with Gasteiger partial charge in [0.15, 0.2) is 5.96 Å². The summed E-state index contributed by atoms with van der Waals surface area (Å²) in [5, 5.41) is 15.1. The second-order valence-corrected chi connectivity index (χ2v) is 7.50. The van der Waals surface area contributed by atoms with E-state index in [9.17, 15) is 0 Å². The Morgan fingerprint density at radius 2 is 2.15 bits per heavy atom. The van der Waals surface area contributed by atoms with Gasteiger partial charge in [-0.1, -0.05) is 6.92 Å². The zero-order chi connectivity index (χ0) is 18.9. The van der Waals surface area contributed by atoms with E-state index in [1.807, 2.05) is 0 Å². The van der Waals surface area contributed by atoms with Crippen LogP contribution in [0.25, 0.3) is 0 Å². The fourth-order valence-electron chi connectivity index (χ4n) is 3.87. The predicted octanol–water partition coefficient (Wildman–Crippen LogP) is 0.897. The highest BCUT2D eigenvalue weighted by atomic mass is 16.5. The summed E-state index contributed by atoms with van der Waals surface area (Å²) in [6, 6.07) is 0.500. The van der Waals surface area contributed by atoms with Crippen LogP contribution in [0.2, 0.25) is 0 Å². The van der Waals surface area contributed by atoms with Crippen molar-refractivity contribution in [2.24, 2.45) is 10.9 Å². The molecule has 0 aromatic carbocycles. The lowest BCUT2D eigenvalue weighted by atomic mass is 10.0. The van der Waals surface area contributed by atoms with Crippen LogP contribution in [-0.2, 0) is 17.7 Å². The topological polar surface area (TPSA) is 79.6 Å². The number of likely N-dealkylation sites (tertiary alicyclic amines) is 1. The van der Waals surface area contributed by atoms with Gasteiger partial charge in [0.05, 0.1) is 13.2 Å². The van der Waals surface area contributed by atoms with Gasteiger partial charge >= 0.3 is 0 Å². The summed E-state index contributed by atoms with van der Waals surface area (Å²) in [7, 11) is 0. The minimum atomic E-state index is 0.500. The average molecular weight is 378 g/mol. The van der Waals surface area contributed by atoms with Crippen LogP contribution >= 0.6 is 0 Å². The van der Waals surface area contributed by atoms with Crippen molar-refractivity contribution >= 4 is 5.96 Å². The molecule has 1 atom stereocenters. The van der Waals surface area contributed by atoms with E-state index in [-0.39, 0.29) is 0 Å². The molecule has 2 saturated heterocycles. The van der Waals surface area contributed by atoms with Gasteiger partial charge in [0.1, 0.15) is 12.2 Å². The Morgan fingerprint density at radius 1 is 1.30 bits per heavy atom. The zero-order valence-electron chi connectivity index (χ0n) is 16.9. The molecule has 0 radical (unpaired) electrons. The van der Waals surface area contributed by atoms with Gasteiger partial charge < -0.3 is 24.8 Å². The Hall–Kier alpha value is -1.67. The number of aromatic nitrogens is 3. The normalized spacial score (nSPS) is 22.3. The van der Waals surface area contributed by atoms with Crippen LogP contribution in [0, 0.1) is 5.92 Å². The molecule has 0 bridgehead atoms. The van der Waals surface area contributed by atoms with Gasteiger partial charge in [-0.05, 0) is 32.1 Å². The highest BCUT2D eigenvalue weighted by molar-refractivity contribution is 5.80. The molecule has 3 heterocycles. The van der Waals surface area contributed by atoms with Gasteiger partial charge in [0.2, 0.25) is 0 Å². The lowest BCUT2D eigenvalue weighted by molar-refractivity contribution is 0.150. The molecule has 0 amide bonds. The van der Waals surface area contributed by atoms with E-state index in [0.717, 1.165) is 70.1 Å². The second-order valence-electron chi connectivity index (χ2n) is 7.50. The number of aliphatic imine (C=N–C) groups is 1. The fourth-order valence-corrected chi connectivity index (χ4v) is 3.87. The molecular formula is C19H35N7O. The first-order chi connectivity index (χ1) is 13.3. The van der Waals surface area contributed by atoms with E-state index < -0.39 is 0 Å². The van der Waals surface area contributed by atoms with E-state index in [4.69, 9.17) is 9.73 Å². The van der Waals surface area contributed by atoms with Crippen LogP contribution in [0.3, 0.4) is 0 Å². The molecule has 27 heavy (non-hydrogen) atoms. The molecule has 0 aliphatic carbocycles. The van der Waals surface area contributed by atoms with Crippen LogP contribution in [0.5, 0.6) is 0 Å². The number of ether oxygens (including phenoxy) is 1. The Morgan fingerprint density at radius 3 is 2.85 bits per heavy atom. The molecule has 152 valence electrons. The van der Waals surface area contributed by atoms with Gasteiger partial charge in [-0.25, -0.2) is 0 Å². The van der Waals surface area contributed by atoms with Gasteiger partial charge in [0.25, 0.3) is 0 Å². The Bertz CT molecular complexity index is 574. The second kappa shape index (κ2) is 10.6. The molecule has 0 spiro atoms. The lowest BCUT2D eigenvalue weighted by Gasteiger charge is -2.34. The third-order valence-corrected chi connectivity index (χ3v) is 5.44. The average Bonchev–Trinajstić information content (AvgIpc) is 3.35. The van der Waals surface area contributed by atoms with Crippen molar-refractivity contribution in [3.63, 3.8) is 0 Å². The number of aryl methyl sites for hydroxylation is 1. The Balaban J connectivity index is 1.42. The van der Waals surface area contributed by atoms with E-state index in [1.54, 1.807) is 6.33 Å². The minimum absolute atomic E-state index is 0.500. The van der Waals surface area contributed by atoms with Crippen molar-refractivity contribution < 1.29 is 4.74 Å². The first kappa shape index (κ1) is 20.1. The number of piperidine rings is 1. The first-order valence-electron chi connectivity index (χ1n) is 10.5. The summed E-state index contributed by atoms with van der Waals surface area (Å²) < 4.78 is 7.59. The monoisotopic (exact) mass is 377 g/mol. The number of hydrogen-bond acceptors (Lipinski definition) is 5. The molecule has 8 heteroatoms. The summed E-state index contributed by atoms with van der Waals surface area (Å²) in [5.41, 5.74) is 0. The molecule has 0 saturated carbocycles. The molecule has 1 unspecified atom stereocenters. The van der Waals surface area contributed by atoms with Gasteiger partial charge in [-0.15, -0.1) is 10.2 Å². The Kier molecular flexibility index (Phi) is 7.89. The van der Waals surface area contributed by atoms with Gasteiger partial charge in [-0.2, -0.15) is 0 Å². The number of rotatable bonds is 8. The van der Waals surface area contributed by atoms with E-state index in [1.165, 1.54) is 25.8 Å². The molecule has 8 nitrogen and oxygen atoms in total. The molecule has 2 aliphatic rings. The van der Waals surface area contributed by atoms with Gasteiger partial charge in [0, 0.05) is 51.8 Å². The molecule has 1 aromatic heterocycles. The van der Waals surface area contributed by atoms with E-state index in [0.29, 0.717) is 6.04 Å². The number of nitrogens with zero attached hydrogens (tertiary/aromatic N) is 5. The minimum Gasteiger partial charge on any atom is -0.381 e. The standard InChI is InChI=1S/C19H35N7O/c1-3-18-24-22-15-26(18)11-8-21-19(20-4-2)23-17-5-9-25(10-6-17)13-16-7-12-27-14-16/h15-17H,3-14H2,1-2H3,(H2,20,21,23). The first-order valence-corrected chi connectivity index (χ1v) is 10.5. The zero-order valence-corrected chi connectivity index (χ0v) is 16.9. The number of hydrogen-bond donors (Lipinski definition) is 2.